The molecule has 2 N–H and O–H groups in total. The van der Waals surface area contributed by atoms with E-state index in [9.17, 15) is 14.0 Å². The first-order chi connectivity index (χ1) is 9.81. The molecule has 1 aromatic carbocycles. The van der Waals surface area contributed by atoms with Gasteiger partial charge in [-0.1, -0.05) is 23.2 Å². The molecule has 1 aromatic rings. The number of thioether (sulfide) groups is 1. The normalized spacial score (nSPS) is 21.4. The smallest absolute Gasteiger partial charge is 0.327 e. The van der Waals surface area contributed by atoms with E-state index in [0.29, 0.717) is 5.75 Å². The standard InChI is InChI=1S/C12H11Cl2FN2O3S/c1-5-17(9(4-21-5)11(18)19)12(20)16-6-2-7(13)10(15)8(14)3-6/h2-3,5,9H,4H2,1H3,(H,16,20)(H,18,19). The average Bonchev–Trinajstić information content (AvgIpc) is 2.78. The molecular weight excluding hydrogens is 342 g/mol. The van der Waals surface area contributed by atoms with Gasteiger partial charge in [-0.3, -0.25) is 4.90 Å². The summed E-state index contributed by atoms with van der Waals surface area (Å²) in [5.74, 6) is -1.53. The number of hydrogen-bond donors (Lipinski definition) is 2. The van der Waals surface area contributed by atoms with Crippen LogP contribution in [0.15, 0.2) is 12.1 Å². The molecule has 1 saturated heterocycles. The zero-order valence-corrected chi connectivity index (χ0v) is 13.1. The van der Waals surface area contributed by atoms with E-state index in [1.165, 1.54) is 28.8 Å². The minimum Gasteiger partial charge on any atom is -0.480 e. The number of carbonyl (C=O) groups excluding carboxylic acids is 1. The van der Waals surface area contributed by atoms with Crippen molar-refractivity contribution in [2.24, 2.45) is 0 Å². The maximum absolute atomic E-state index is 13.3. The van der Waals surface area contributed by atoms with Crippen LogP contribution >= 0.6 is 35.0 Å². The van der Waals surface area contributed by atoms with Gasteiger partial charge >= 0.3 is 12.0 Å². The van der Waals surface area contributed by atoms with Crippen LogP contribution in [0.1, 0.15) is 6.92 Å². The fraction of sp³-hybridized carbons (Fsp3) is 0.333. The number of amides is 2. The van der Waals surface area contributed by atoms with Gasteiger partial charge in [-0.05, 0) is 19.1 Å². The van der Waals surface area contributed by atoms with Crippen LogP contribution < -0.4 is 5.32 Å². The molecule has 21 heavy (non-hydrogen) atoms. The zero-order valence-electron chi connectivity index (χ0n) is 10.8. The maximum Gasteiger partial charge on any atom is 0.327 e. The van der Waals surface area contributed by atoms with Crippen LogP contribution in [0.2, 0.25) is 10.0 Å². The van der Waals surface area contributed by atoms with E-state index in [1.54, 1.807) is 6.92 Å². The highest BCUT2D eigenvalue weighted by molar-refractivity contribution is 8.00. The van der Waals surface area contributed by atoms with Gasteiger partial charge in [0.15, 0.2) is 5.82 Å². The molecule has 1 fully saturated rings. The van der Waals surface area contributed by atoms with Crippen molar-refractivity contribution >= 4 is 52.7 Å². The van der Waals surface area contributed by atoms with Gasteiger partial charge in [0, 0.05) is 11.4 Å². The Morgan fingerprint density at radius 2 is 2.00 bits per heavy atom. The zero-order chi connectivity index (χ0) is 15.7. The highest BCUT2D eigenvalue weighted by atomic mass is 35.5. The topological polar surface area (TPSA) is 69.6 Å². The Hall–Kier alpha value is -1.18. The minimum absolute atomic E-state index is 0.199. The van der Waals surface area contributed by atoms with Gasteiger partial charge in [-0.15, -0.1) is 11.8 Å². The summed E-state index contributed by atoms with van der Waals surface area (Å²) in [7, 11) is 0. The van der Waals surface area contributed by atoms with E-state index in [0.717, 1.165) is 0 Å². The third-order valence-corrected chi connectivity index (χ3v) is 4.75. The second kappa shape index (κ2) is 6.29. The Balaban J connectivity index is 2.19. The highest BCUT2D eigenvalue weighted by Gasteiger charge is 2.39. The minimum atomic E-state index is -1.07. The summed E-state index contributed by atoms with van der Waals surface area (Å²) in [6.45, 7) is 1.73. The monoisotopic (exact) mass is 352 g/mol. The molecular formula is C12H11Cl2FN2O3S. The molecule has 1 heterocycles. The van der Waals surface area contributed by atoms with E-state index < -0.39 is 23.9 Å². The molecule has 2 amide bonds. The maximum atomic E-state index is 13.3. The number of nitrogens with zero attached hydrogens (tertiary/aromatic N) is 1. The first kappa shape index (κ1) is 16.2. The SMILES string of the molecule is CC1SCC(C(=O)O)N1C(=O)Nc1cc(Cl)c(F)c(Cl)c1. The third kappa shape index (κ3) is 3.36. The van der Waals surface area contributed by atoms with Crippen molar-refractivity contribution < 1.29 is 19.1 Å². The number of hydrogen-bond acceptors (Lipinski definition) is 3. The summed E-state index contributed by atoms with van der Waals surface area (Å²) in [5.41, 5.74) is 0.199. The number of carbonyl (C=O) groups is 2. The lowest BCUT2D eigenvalue weighted by Gasteiger charge is -2.25. The molecule has 1 aliphatic rings. The number of carboxylic acids is 1. The number of benzene rings is 1. The van der Waals surface area contributed by atoms with Gasteiger partial charge in [0.2, 0.25) is 0 Å². The second-order valence-corrected chi connectivity index (χ2v) is 6.54. The first-order valence-corrected chi connectivity index (χ1v) is 7.70. The first-order valence-electron chi connectivity index (χ1n) is 5.89. The number of anilines is 1. The molecule has 0 radical (unpaired) electrons. The van der Waals surface area contributed by atoms with Crippen LogP contribution in [0.4, 0.5) is 14.9 Å². The molecule has 0 bridgehead atoms. The number of nitrogens with one attached hydrogen (secondary N) is 1. The van der Waals surface area contributed by atoms with Gasteiger partial charge in [0.05, 0.1) is 15.4 Å². The van der Waals surface area contributed by atoms with Crippen LogP contribution in [-0.4, -0.2) is 39.2 Å². The molecule has 0 saturated carbocycles. The summed E-state index contributed by atoms with van der Waals surface area (Å²) in [6, 6.07) is 0.921. The summed E-state index contributed by atoms with van der Waals surface area (Å²) in [6.07, 6.45) is 0. The number of rotatable bonds is 2. The van der Waals surface area contributed by atoms with Crippen molar-refractivity contribution in [3.8, 4) is 0 Å². The Kier molecular flexibility index (Phi) is 4.85. The molecule has 5 nitrogen and oxygen atoms in total. The number of aliphatic carboxylic acids is 1. The fourth-order valence-corrected chi connectivity index (χ4v) is 3.61. The molecule has 2 atom stereocenters. The van der Waals surface area contributed by atoms with Crippen molar-refractivity contribution in [2.45, 2.75) is 18.3 Å². The predicted molar refractivity (Wildman–Crippen MR) is 80.6 cm³/mol. The predicted octanol–water partition coefficient (Wildman–Crippen LogP) is 3.51. The molecule has 9 heteroatoms. The molecule has 2 rings (SSSR count). The van der Waals surface area contributed by atoms with Crippen LogP contribution in [0.5, 0.6) is 0 Å². The lowest BCUT2D eigenvalue weighted by Crippen LogP contribution is -2.46. The molecule has 2 unspecified atom stereocenters. The van der Waals surface area contributed by atoms with Gasteiger partial charge in [-0.25, -0.2) is 14.0 Å². The lowest BCUT2D eigenvalue weighted by molar-refractivity contribution is -0.141. The van der Waals surface area contributed by atoms with Crippen molar-refractivity contribution in [2.75, 3.05) is 11.1 Å². The highest BCUT2D eigenvalue weighted by Crippen LogP contribution is 2.31. The van der Waals surface area contributed by atoms with Gasteiger partial charge in [0.1, 0.15) is 6.04 Å². The van der Waals surface area contributed by atoms with Crippen molar-refractivity contribution in [3.05, 3.63) is 28.0 Å². The summed E-state index contributed by atoms with van der Waals surface area (Å²) in [4.78, 5) is 24.6. The Morgan fingerprint density at radius 1 is 1.43 bits per heavy atom. The van der Waals surface area contributed by atoms with Crippen LogP contribution in [-0.2, 0) is 4.79 Å². The van der Waals surface area contributed by atoms with E-state index in [-0.39, 0.29) is 21.1 Å². The molecule has 114 valence electrons. The van der Waals surface area contributed by atoms with Gasteiger partial charge in [0.25, 0.3) is 0 Å². The lowest BCUT2D eigenvalue weighted by atomic mass is 10.3. The van der Waals surface area contributed by atoms with Crippen LogP contribution in [0.3, 0.4) is 0 Å². The molecule has 0 spiro atoms. The number of carboxylic acid groups (broad SMARTS) is 1. The van der Waals surface area contributed by atoms with E-state index in [1.807, 2.05) is 0 Å². The van der Waals surface area contributed by atoms with E-state index >= 15 is 0 Å². The van der Waals surface area contributed by atoms with Gasteiger partial charge < -0.3 is 10.4 Å². The number of urea groups is 1. The summed E-state index contributed by atoms with van der Waals surface area (Å²) >= 11 is 12.7. The largest absolute Gasteiger partial charge is 0.480 e. The third-order valence-electron chi connectivity index (χ3n) is 2.98. The average molecular weight is 353 g/mol. The van der Waals surface area contributed by atoms with E-state index in [2.05, 4.69) is 5.32 Å². The molecule has 1 aliphatic heterocycles. The summed E-state index contributed by atoms with van der Waals surface area (Å²) < 4.78 is 13.3. The number of halogens is 3. The summed E-state index contributed by atoms with van der Waals surface area (Å²) in [5, 5.41) is 10.9. The van der Waals surface area contributed by atoms with E-state index in [4.69, 9.17) is 28.3 Å². The molecule has 0 aromatic heterocycles. The van der Waals surface area contributed by atoms with Crippen molar-refractivity contribution in [3.63, 3.8) is 0 Å². The molecule has 0 aliphatic carbocycles. The van der Waals surface area contributed by atoms with Crippen molar-refractivity contribution in [1.82, 2.24) is 4.90 Å². The Bertz CT molecular complexity index is 579. The fourth-order valence-electron chi connectivity index (χ4n) is 1.96. The Labute approximate surface area is 134 Å². The Morgan fingerprint density at radius 3 is 2.52 bits per heavy atom. The van der Waals surface area contributed by atoms with Crippen molar-refractivity contribution in [1.29, 1.82) is 0 Å². The second-order valence-electron chi connectivity index (χ2n) is 4.38. The van der Waals surface area contributed by atoms with Gasteiger partial charge in [-0.2, -0.15) is 0 Å². The quantitative estimate of drug-likeness (QED) is 0.799. The van der Waals surface area contributed by atoms with Crippen LogP contribution in [0, 0.1) is 5.82 Å². The van der Waals surface area contributed by atoms with Crippen LogP contribution in [0.25, 0.3) is 0 Å².